The normalized spacial score (nSPS) is 23.4. The van der Waals surface area contributed by atoms with Crippen molar-refractivity contribution < 1.29 is 0 Å². The molecule has 0 fully saturated rings. The number of nitrogens with zero attached hydrogens (tertiary/aromatic N) is 1. The van der Waals surface area contributed by atoms with Gasteiger partial charge in [-0.25, -0.2) is 0 Å². The van der Waals surface area contributed by atoms with Crippen molar-refractivity contribution in [1.82, 2.24) is 0 Å². The predicted octanol–water partition coefficient (Wildman–Crippen LogP) is 1.96. The fraction of sp³-hybridized carbons (Fsp3) is 0.700. The van der Waals surface area contributed by atoms with E-state index in [4.69, 9.17) is 5.73 Å². The lowest BCUT2D eigenvalue weighted by atomic mass is 10.0. The molecule has 0 bridgehead atoms. The van der Waals surface area contributed by atoms with E-state index in [1.54, 1.807) is 0 Å². The van der Waals surface area contributed by atoms with Crippen LogP contribution in [0.1, 0.15) is 27.7 Å². The maximum atomic E-state index is 5.90. The van der Waals surface area contributed by atoms with Crippen molar-refractivity contribution in [3.05, 3.63) is 11.8 Å². The highest BCUT2D eigenvalue weighted by Gasteiger charge is 2.20. The fourth-order valence-electron chi connectivity index (χ4n) is 1.37. The summed E-state index contributed by atoms with van der Waals surface area (Å²) in [5.41, 5.74) is 8.17. The molecule has 0 aromatic rings. The van der Waals surface area contributed by atoms with Crippen molar-refractivity contribution in [2.75, 3.05) is 0 Å². The van der Waals surface area contributed by atoms with Crippen LogP contribution in [0.2, 0.25) is 0 Å². The van der Waals surface area contributed by atoms with Crippen LogP contribution in [-0.4, -0.2) is 11.8 Å². The summed E-state index contributed by atoms with van der Waals surface area (Å²) in [4.78, 5) is 4.52. The van der Waals surface area contributed by atoms with Gasteiger partial charge in [0.05, 0.1) is 6.04 Å². The zero-order valence-electron chi connectivity index (χ0n) is 8.33. The van der Waals surface area contributed by atoms with Crippen molar-refractivity contribution in [1.29, 1.82) is 0 Å². The Morgan fingerprint density at radius 2 is 1.83 bits per heavy atom. The molecule has 2 nitrogen and oxygen atoms in total. The lowest BCUT2D eigenvalue weighted by Crippen LogP contribution is -2.29. The molecule has 2 N–H and O–H groups in total. The van der Waals surface area contributed by atoms with Crippen molar-refractivity contribution >= 4 is 5.71 Å². The average molecular weight is 166 g/mol. The second kappa shape index (κ2) is 3.40. The Labute approximate surface area is 74.6 Å². The van der Waals surface area contributed by atoms with Gasteiger partial charge in [0.15, 0.2) is 0 Å². The first-order valence-corrected chi connectivity index (χ1v) is 4.58. The zero-order chi connectivity index (χ0) is 9.30. The number of allylic oxidation sites excluding steroid dienone is 1. The van der Waals surface area contributed by atoms with E-state index < -0.39 is 0 Å². The Balaban J connectivity index is 2.79. The SMILES string of the molecule is CC(C)C1=CC(N)C(C(C)C)=N1. The van der Waals surface area contributed by atoms with Gasteiger partial charge < -0.3 is 5.73 Å². The minimum absolute atomic E-state index is 0.0578. The van der Waals surface area contributed by atoms with Crippen LogP contribution >= 0.6 is 0 Å². The molecule has 12 heavy (non-hydrogen) atoms. The van der Waals surface area contributed by atoms with Crippen LogP contribution < -0.4 is 5.73 Å². The minimum Gasteiger partial charge on any atom is -0.320 e. The first-order chi connectivity index (χ1) is 5.52. The minimum atomic E-state index is 0.0578. The fourth-order valence-corrected chi connectivity index (χ4v) is 1.37. The van der Waals surface area contributed by atoms with E-state index in [0.29, 0.717) is 11.8 Å². The van der Waals surface area contributed by atoms with Gasteiger partial charge >= 0.3 is 0 Å². The Hall–Kier alpha value is -0.630. The number of hydrogen-bond acceptors (Lipinski definition) is 2. The van der Waals surface area contributed by atoms with Crippen molar-refractivity contribution in [3.63, 3.8) is 0 Å². The number of aliphatic imine (C=N–C) groups is 1. The molecule has 0 saturated heterocycles. The molecule has 68 valence electrons. The summed E-state index contributed by atoms with van der Waals surface area (Å²) >= 11 is 0. The molecule has 1 unspecified atom stereocenters. The average Bonchev–Trinajstić information content (AvgIpc) is 2.30. The van der Waals surface area contributed by atoms with Crippen LogP contribution in [0.3, 0.4) is 0 Å². The smallest absolute Gasteiger partial charge is 0.0639 e. The molecule has 0 radical (unpaired) electrons. The summed E-state index contributed by atoms with van der Waals surface area (Å²) in [6.07, 6.45) is 2.07. The van der Waals surface area contributed by atoms with E-state index in [1.165, 1.54) is 0 Å². The Bertz CT molecular complexity index is 224. The predicted molar refractivity (Wildman–Crippen MR) is 53.2 cm³/mol. The highest BCUT2D eigenvalue weighted by atomic mass is 14.9. The molecule has 0 amide bonds. The van der Waals surface area contributed by atoms with Gasteiger partial charge in [-0.3, -0.25) is 4.99 Å². The molecule has 0 aromatic heterocycles. The van der Waals surface area contributed by atoms with Crippen molar-refractivity contribution in [2.45, 2.75) is 33.7 Å². The molecule has 0 saturated carbocycles. The van der Waals surface area contributed by atoms with E-state index >= 15 is 0 Å². The van der Waals surface area contributed by atoms with E-state index in [2.05, 4.69) is 38.8 Å². The number of nitrogens with two attached hydrogens (primary N) is 1. The summed E-state index contributed by atoms with van der Waals surface area (Å²) in [6, 6.07) is 0.0578. The maximum Gasteiger partial charge on any atom is 0.0639 e. The van der Waals surface area contributed by atoms with Crippen LogP contribution in [-0.2, 0) is 0 Å². The summed E-state index contributed by atoms with van der Waals surface area (Å²) < 4.78 is 0. The molecular weight excluding hydrogens is 148 g/mol. The van der Waals surface area contributed by atoms with Crippen LogP contribution in [0.25, 0.3) is 0 Å². The van der Waals surface area contributed by atoms with Crippen LogP contribution in [0.4, 0.5) is 0 Å². The third-order valence-corrected chi connectivity index (χ3v) is 2.13. The lowest BCUT2D eigenvalue weighted by molar-refractivity contribution is 0.758. The summed E-state index contributed by atoms with van der Waals surface area (Å²) in [7, 11) is 0. The monoisotopic (exact) mass is 166 g/mol. The summed E-state index contributed by atoms with van der Waals surface area (Å²) in [6.45, 7) is 8.56. The van der Waals surface area contributed by atoms with Gasteiger partial charge in [0.2, 0.25) is 0 Å². The van der Waals surface area contributed by atoms with Crippen molar-refractivity contribution in [2.24, 2.45) is 22.6 Å². The van der Waals surface area contributed by atoms with Crippen molar-refractivity contribution in [3.8, 4) is 0 Å². The van der Waals surface area contributed by atoms with E-state index in [1.807, 2.05) is 0 Å². The molecule has 0 aromatic carbocycles. The molecule has 1 aliphatic rings. The van der Waals surface area contributed by atoms with Crippen LogP contribution in [0.5, 0.6) is 0 Å². The molecule has 1 rings (SSSR count). The third kappa shape index (κ3) is 1.75. The quantitative estimate of drug-likeness (QED) is 0.669. The Kier molecular flexibility index (Phi) is 2.68. The molecule has 1 aliphatic heterocycles. The third-order valence-electron chi connectivity index (χ3n) is 2.13. The van der Waals surface area contributed by atoms with Gasteiger partial charge in [0, 0.05) is 11.4 Å². The molecular formula is C10H18N2. The Morgan fingerprint density at radius 3 is 2.08 bits per heavy atom. The number of rotatable bonds is 2. The van der Waals surface area contributed by atoms with E-state index in [0.717, 1.165) is 11.4 Å². The largest absolute Gasteiger partial charge is 0.320 e. The summed E-state index contributed by atoms with van der Waals surface area (Å²) in [5, 5.41) is 0. The first kappa shape index (κ1) is 9.46. The molecule has 0 aliphatic carbocycles. The van der Waals surface area contributed by atoms with Gasteiger partial charge in [0.25, 0.3) is 0 Å². The number of hydrogen-bond donors (Lipinski definition) is 1. The zero-order valence-corrected chi connectivity index (χ0v) is 8.33. The van der Waals surface area contributed by atoms with E-state index in [-0.39, 0.29) is 6.04 Å². The van der Waals surface area contributed by atoms with Gasteiger partial charge in [-0.05, 0) is 17.9 Å². The molecule has 0 spiro atoms. The summed E-state index contributed by atoms with van der Waals surface area (Å²) in [5.74, 6) is 0.958. The lowest BCUT2D eigenvalue weighted by Gasteiger charge is -2.08. The molecule has 1 heterocycles. The van der Waals surface area contributed by atoms with Crippen LogP contribution in [0.15, 0.2) is 16.8 Å². The van der Waals surface area contributed by atoms with E-state index in [9.17, 15) is 0 Å². The first-order valence-electron chi connectivity index (χ1n) is 4.58. The maximum absolute atomic E-state index is 5.90. The second-order valence-corrected chi connectivity index (χ2v) is 3.96. The van der Waals surface area contributed by atoms with Gasteiger partial charge in [-0.1, -0.05) is 27.7 Å². The topological polar surface area (TPSA) is 38.4 Å². The highest BCUT2D eigenvalue weighted by Crippen LogP contribution is 2.20. The molecule has 1 atom stereocenters. The Morgan fingerprint density at radius 1 is 1.25 bits per heavy atom. The standard InChI is InChI=1S/C10H18N2/c1-6(2)9-5-8(11)10(12-9)7(3)4/h5-8H,11H2,1-4H3. The van der Waals surface area contributed by atoms with Gasteiger partial charge in [-0.15, -0.1) is 0 Å². The van der Waals surface area contributed by atoms with Crippen LogP contribution in [0, 0.1) is 11.8 Å². The second-order valence-electron chi connectivity index (χ2n) is 3.96. The molecule has 2 heteroatoms. The van der Waals surface area contributed by atoms with Gasteiger partial charge in [0.1, 0.15) is 0 Å². The van der Waals surface area contributed by atoms with Gasteiger partial charge in [-0.2, -0.15) is 0 Å². The highest BCUT2D eigenvalue weighted by molar-refractivity contribution is 5.95.